The maximum Gasteiger partial charge on any atom is 0.224 e. The highest BCUT2D eigenvalue weighted by atomic mass is 16.1. The maximum absolute atomic E-state index is 11.8. The molecule has 122 valence electrons. The van der Waals surface area contributed by atoms with Gasteiger partial charge < -0.3 is 16.0 Å². The van der Waals surface area contributed by atoms with Gasteiger partial charge in [0.25, 0.3) is 0 Å². The lowest BCUT2D eigenvalue weighted by Crippen LogP contribution is -2.38. The zero-order chi connectivity index (χ0) is 15.9. The van der Waals surface area contributed by atoms with Crippen molar-refractivity contribution in [2.75, 3.05) is 31.5 Å². The van der Waals surface area contributed by atoms with Crippen LogP contribution in [0.3, 0.4) is 0 Å². The first kappa shape index (κ1) is 15.6. The van der Waals surface area contributed by atoms with E-state index in [0.29, 0.717) is 18.9 Å². The smallest absolute Gasteiger partial charge is 0.224 e. The van der Waals surface area contributed by atoms with Crippen molar-refractivity contribution in [3.63, 3.8) is 0 Å². The topological polar surface area (TPSA) is 71.0 Å². The maximum atomic E-state index is 11.8. The van der Waals surface area contributed by atoms with Gasteiger partial charge in [-0.05, 0) is 5.56 Å². The lowest BCUT2D eigenvalue weighted by molar-refractivity contribution is -0.120. The van der Waals surface area contributed by atoms with Gasteiger partial charge >= 0.3 is 0 Å². The molecular formula is C17H23N5O. The van der Waals surface area contributed by atoms with E-state index in [2.05, 4.69) is 21.0 Å². The van der Waals surface area contributed by atoms with Crippen molar-refractivity contribution in [1.29, 1.82) is 0 Å². The van der Waals surface area contributed by atoms with Crippen LogP contribution < -0.4 is 16.0 Å². The van der Waals surface area contributed by atoms with E-state index in [4.69, 9.17) is 0 Å². The minimum atomic E-state index is 0.0681. The van der Waals surface area contributed by atoms with Crippen LogP contribution in [0.5, 0.6) is 0 Å². The molecule has 0 saturated carbocycles. The molecule has 0 bridgehead atoms. The fourth-order valence-electron chi connectivity index (χ4n) is 2.76. The summed E-state index contributed by atoms with van der Waals surface area (Å²) in [5.74, 6) is 1.68. The number of nitrogens with one attached hydrogen (secondary N) is 3. The van der Waals surface area contributed by atoms with Gasteiger partial charge in [-0.1, -0.05) is 30.3 Å². The molecule has 0 aliphatic carbocycles. The molecule has 1 unspecified atom stereocenters. The minimum absolute atomic E-state index is 0.0681. The summed E-state index contributed by atoms with van der Waals surface area (Å²) in [7, 11) is 0. The van der Waals surface area contributed by atoms with Gasteiger partial charge in [-0.15, -0.1) is 0 Å². The van der Waals surface area contributed by atoms with Gasteiger partial charge in [-0.3, -0.25) is 4.79 Å². The summed E-state index contributed by atoms with van der Waals surface area (Å²) < 4.78 is 2.00. The van der Waals surface area contributed by atoms with Crippen LogP contribution in [0.25, 0.3) is 0 Å². The largest absolute Gasteiger partial charge is 0.370 e. The molecule has 1 aromatic carbocycles. The number of carbonyl (C=O) groups is 1. The van der Waals surface area contributed by atoms with Crippen LogP contribution in [0.4, 0.5) is 5.82 Å². The van der Waals surface area contributed by atoms with E-state index in [1.54, 1.807) is 0 Å². The minimum Gasteiger partial charge on any atom is -0.370 e. The molecule has 6 heteroatoms. The SMILES string of the molecule is O=C(Cc1ccccc1)NCCNCC1CNc2ccnn2C1. The zero-order valence-electron chi connectivity index (χ0n) is 13.2. The number of amides is 1. The second-order valence-electron chi connectivity index (χ2n) is 5.86. The van der Waals surface area contributed by atoms with Crippen molar-refractivity contribution in [3.05, 3.63) is 48.2 Å². The summed E-state index contributed by atoms with van der Waals surface area (Å²) in [4.78, 5) is 11.8. The first-order chi connectivity index (χ1) is 11.3. The Balaban J connectivity index is 1.28. The third kappa shape index (κ3) is 4.56. The van der Waals surface area contributed by atoms with Crippen molar-refractivity contribution < 1.29 is 4.79 Å². The number of hydrogen-bond acceptors (Lipinski definition) is 4. The summed E-state index contributed by atoms with van der Waals surface area (Å²) in [6.45, 7) is 4.24. The molecule has 23 heavy (non-hydrogen) atoms. The van der Waals surface area contributed by atoms with Gasteiger partial charge in [0.1, 0.15) is 5.82 Å². The molecular weight excluding hydrogens is 290 g/mol. The summed E-state index contributed by atoms with van der Waals surface area (Å²) in [6, 6.07) is 11.8. The fourth-order valence-corrected chi connectivity index (χ4v) is 2.76. The molecule has 1 aliphatic heterocycles. The normalized spacial score (nSPS) is 16.4. The van der Waals surface area contributed by atoms with E-state index in [1.165, 1.54) is 0 Å². The van der Waals surface area contributed by atoms with Crippen molar-refractivity contribution in [2.45, 2.75) is 13.0 Å². The molecule has 1 atom stereocenters. The van der Waals surface area contributed by atoms with Gasteiger partial charge in [0, 0.05) is 44.7 Å². The number of carbonyl (C=O) groups excluding carboxylic acids is 1. The monoisotopic (exact) mass is 313 g/mol. The van der Waals surface area contributed by atoms with Gasteiger partial charge in [-0.2, -0.15) is 5.10 Å². The van der Waals surface area contributed by atoms with E-state index in [-0.39, 0.29) is 5.91 Å². The quantitative estimate of drug-likeness (QED) is 0.664. The molecule has 1 amide bonds. The van der Waals surface area contributed by atoms with E-state index in [0.717, 1.165) is 37.6 Å². The summed E-state index contributed by atoms with van der Waals surface area (Å²) in [6.07, 6.45) is 2.26. The van der Waals surface area contributed by atoms with Crippen molar-refractivity contribution >= 4 is 11.7 Å². The number of aromatic nitrogens is 2. The van der Waals surface area contributed by atoms with Crippen LogP contribution in [0, 0.1) is 5.92 Å². The lowest BCUT2D eigenvalue weighted by atomic mass is 10.1. The van der Waals surface area contributed by atoms with Crippen molar-refractivity contribution in [3.8, 4) is 0 Å². The highest BCUT2D eigenvalue weighted by Crippen LogP contribution is 2.15. The van der Waals surface area contributed by atoms with Crippen LogP contribution in [0.1, 0.15) is 5.56 Å². The highest BCUT2D eigenvalue weighted by molar-refractivity contribution is 5.78. The van der Waals surface area contributed by atoms with E-state index < -0.39 is 0 Å². The van der Waals surface area contributed by atoms with Crippen LogP contribution in [0.2, 0.25) is 0 Å². The van der Waals surface area contributed by atoms with Crippen LogP contribution in [-0.4, -0.2) is 41.9 Å². The third-order valence-electron chi connectivity index (χ3n) is 3.98. The lowest BCUT2D eigenvalue weighted by Gasteiger charge is -2.25. The second kappa shape index (κ2) is 7.78. The summed E-state index contributed by atoms with van der Waals surface area (Å²) in [5, 5.41) is 14.0. The average molecular weight is 313 g/mol. The number of hydrogen-bond donors (Lipinski definition) is 3. The predicted octanol–water partition coefficient (Wildman–Crippen LogP) is 0.873. The highest BCUT2D eigenvalue weighted by Gasteiger charge is 2.17. The third-order valence-corrected chi connectivity index (χ3v) is 3.98. The van der Waals surface area contributed by atoms with Gasteiger partial charge in [-0.25, -0.2) is 4.68 Å². The van der Waals surface area contributed by atoms with E-state index in [1.807, 2.05) is 47.3 Å². The summed E-state index contributed by atoms with van der Waals surface area (Å²) in [5.41, 5.74) is 1.04. The molecule has 0 fully saturated rings. The molecule has 0 saturated heterocycles. The molecule has 0 radical (unpaired) electrons. The molecule has 1 aliphatic rings. The Hall–Kier alpha value is -2.34. The Morgan fingerprint density at radius 3 is 3.00 bits per heavy atom. The number of fused-ring (bicyclic) bond motifs is 1. The van der Waals surface area contributed by atoms with Crippen LogP contribution in [-0.2, 0) is 17.8 Å². The average Bonchev–Trinajstić information content (AvgIpc) is 3.03. The predicted molar refractivity (Wildman–Crippen MR) is 90.2 cm³/mol. The molecule has 0 spiro atoms. The number of nitrogens with zero attached hydrogens (tertiary/aromatic N) is 2. The molecule has 2 heterocycles. The Morgan fingerprint density at radius 1 is 1.26 bits per heavy atom. The van der Waals surface area contributed by atoms with Crippen LogP contribution >= 0.6 is 0 Å². The Labute approximate surface area is 136 Å². The first-order valence-electron chi connectivity index (χ1n) is 8.08. The second-order valence-corrected chi connectivity index (χ2v) is 5.86. The standard InChI is InChI=1S/C17H23N5O/c23-17(10-14-4-2-1-3-5-14)19-9-8-18-11-15-12-20-16-6-7-21-22(16)13-15/h1-7,15,18,20H,8-13H2,(H,19,23). The van der Waals surface area contributed by atoms with E-state index in [9.17, 15) is 4.79 Å². The molecule has 6 nitrogen and oxygen atoms in total. The Morgan fingerprint density at radius 2 is 2.13 bits per heavy atom. The molecule has 2 aromatic rings. The number of benzene rings is 1. The van der Waals surface area contributed by atoms with Crippen molar-refractivity contribution in [2.24, 2.45) is 5.92 Å². The summed E-state index contributed by atoms with van der Waals surface area (Å²) >= 11 is 0. The van der Waals surface area contributed by atoms with Gasteiger partial charge in [0.15, 0.2) is 0 Å². The van der Waals surface area contributed by atoms with Gasteiger partial charge in [0.05, 0.1) is 12.6 Å². The van der Waals surface area contributed by atoms with Crippen LogP contribution in [0.15, 0.2) is 42.6 Å². The number of rotatable bonds is 7. The Kier molecular flexibility index (Phi) is 5.26. The number of anilines is 1. The van der Waals surface area contributed by atoms with E-state index >= 15 is 0 Å². The molecule has 3 rings (SSSR count). The first-order valence-corrected chi connectivity index (χ1v) is 8.08. The van der Waals surface area contributed by atoms with Crippen molar-refractivity contribution in [1.82, 2.24) is 20.4 Å². The van der Waals surface area contributed by atoms with Gasteiger partial charge in [0.2, 0.25) is 5.91 Å². The molecule has 1 aromatic heterocycles. The fraction of sp³-hybridized carbons (Fsp3) is 0.412. The molecule has 3 N–H and O–H groups in total. The Bertz CT molecular complexity index is 625. The zero-order valence-corrected chi connectivity index (χ0v) is 13.2.